The standard InChI is InChI=1S/C18H16F3NO4/c1-10-7-8-12(9-13(10)19)17(24)25-11(2)16(23)22-14-5-3-4-6-15(14)26-18(20)21/h3-9,11,18H,1-2H3,(H,22,23)/t11-/m1/s1. The van der Waals surface area contributed by atoms with Crippen LogP contribution in [0.4, 0.5) is 18.9 Å². The molecule has 0 aliphatic carbocycles. The summed E-state index contributed by atoms with van der Waals surface area (Å²) < 4.78 is 47.6. The highest BCUT2D eigenvalue weighted by Crippen LogP contribution is 2.25. The maximum atomic E-state index is 13.5. The van der Waals surface area contributed by atoms with Crippen molar-refractivity contribution >= 4 is 17.6 Å². The molecule has 2 aromatic carbocycles. The summed E-state index contributed by atoms with van der Waals surface area (Å²) in [6, 6.07) is 9.38. The van der Waals surface area contributed by atoms with Crippen molar-refractivity contribution in [3.8, 4) is 5.75 Å². The second kappa shape index (κ2) is 8.37. The number of aryl methyl sites for hydroxylation is 1. The Bertz CT molecular complexity index is 811. The molecule has 2 rings (SSSR count). The molecule has 138 valence electrons. The summed E-state index contributed by atoms with van der Waals surface area (Å²) in [5.41, 5.74) is 0.319. The van der Waals surface area contributed by atoms with Crippen LogP contribution < -0.4 is 10.1 Å². The molecule has 5 nitrogen and oxygen atoms in total. The molecule has 0 saturated carbocycles. The molecular formula is C18H16F3NO4. The zero-order chi connectivity index (χ0) is 19.3. The quantitative estimate of drug-likeness (QED) is 0.786. The lowest BCUT2D eigenvalue weighted by Crippen LogP contribution is -2.30. The number of halogens is 3. The summed E-state index contributed by atoms with van der Waals surface area (Å²) in [6.45, 7) is -0.215. The highest BCUT2D eigenvalue weighted by Gasteiger charge is 2.21. The first-order valence-electron chi connectivity index (χ1n) is 7.59. The van der Waals surface area contributed by atoms with Gasteiger partial charge < -0.3 is 14.8 Å². The molecular weight excluding hydrogens is 351 g/mol. The minimum atomic E-state index is -3.06. The monoisotopic (exact) mass is 367 g/mol. The molecule has 0 aromatic heterocycles. The molecule has 0 aliphatic rings. The summed E-state index contributed by atoms with van der Waals surface area (Å²) in [6.07, 6.45) is -1.24. The van der Waals surface area contributed by atoms with Gasteiger partial charge in [-0.3, -0.25) is 4.79 Å². The van der Waals surface area contributed by atoms with Gasteiger partial charge in [-0.2, -0.15) is 8.78 Å². The lowest BCUT2D eigenvalue weighted by molar-refractivity contribution is -0.123. The molecule has 26 heavy (non-hydrogen) atoms. The van der Waals surface area contributed by atoms with Crippen molar-refractivity contribution in [3.05, 3.63) is 59.4 Å². The number of anilines is 1. The molecule has 2 aromatic rings. The Labute approximate surface area is 147 Å². The van der Waals surface area contributed by atoms with Crippen LogP contribution in [-0.4, -0.2) is 24.6 Å². The van der Waals surface area contributed by atoms with Crippen molar-refractivity contribution in [3.63, 3.8) is 0 Å². The third-order valence-electron chi connectivity index (χ3n) is 3.42. The van der Waals surface area contributed by atoms with E-state index in [2.05, 4.69) is 10.1 Å². The van der Waals surface area contributed by atoms with Crippen LogP contribution in [0.25, 0.3) is 0 Å². The van der Waals surface area contributed by atoms with Gasteiger partial charge in [0.1, 0.15) is 11.6 Å². The van der Waals surface area contributed by atoms with E-state index >= 15 is 0 Å². The van der Waals surface area contributed by atoms with Crippen LogP contribution in [0, 0.1) is 12.7 Å². The number of benzene rings is 2. The Balaban J connectivity index is 2.03. The molecule has 0 heterocycles. The summed E-state index contributed by atoms with van der Waals surface area (Å²) in [7, 11) is 0. The Morgan fingerprint density at radius 1 is 1.12 bits per heavy atom. The number of ether oxygens (including phenoxy) is 2. The zero-order valence-electron chi connectivity index (χ0n) is 14.0. The Morgan fingerprint density at radius 3 is 2.46 bits per heavy atom. The lowest BCUT2D eigenvalue weighted by Gasteiger charge is -2.16. The van der Waals surface area contributed by atoms with Gasteiger partial charge in [0.05, 0.1) is 11.3 Å². The fourth-order valence-corrected chi connectivity index (χ4v) is 2.00. The third kappa shape index (κ3) is 4.98. The van der Waals surface area contributed by atoms with Gasteiger partial charge in [-0.25, -0.2) is 9.18 Å². The highest BCUT2D eigenvalue weighted by atomic mass is 19.3. The average Bonchev–Trinajstić information content (AvgIpc) is 2.58. The Hall–Kier alpha value is -3.03. The van der Waals surface area contributed by atoms with E-state index in [1.165, 1.54) is 43.3 Å². The van der Waals surface area contributed by atoms with E-state index in [0.717, 1.165) is 6.07 Å². The van der Waals surface area contributed by atoms with E-state index in [-0.39, 0.29) is 17.0 Å². The van der Waals surface area contributed by atoms with Gasteiger partial charge in [-0.05, 0) is 43.7 Å². The van der Waals surface area contributed by atoms with Gasteiger partial charge in [0, 0.05) is 0 Å². The Kier molecular flexibility index (Phi) is 6.21. The molecule has 1 atom stereocenters. The molecule has 0 aliphatic heterocycles. The van der Waals surface area contributed by atoms with Gasteiger partial charge in [0.25, 0.3) is 5.91 Å². The minimum absolute atomic E-state index is 0.00193. The van der Waals surface area contributed by atoms with Crippen LogP contribution >= 0.6 is 0 Å². The third-order valence-corrected chi connectivity index (χ3v) is 3.42. The summed E-state index contributed by atoms with van der Waals surface area (Å²) in [5.74, 6) is -2.44. The van der Waals surface area contributed by atoms with Gasteiger partial charge in [0.2, 0.25) is 0 Å². The summed E-state index contributed by atoms with van der Waals surface area (Å²) >= 11 is 0. The van der Waals surface area contributed by atoms with Crippen molar-refractivity contribution in [1.82, 2.24) is 0 Å². The average molecular weight is 367 g/mol. The van der Waals surface area contributed by atoms with Crippen molar-refractivity contribution < 1.29 is 32.2 Å². The van der Waals surface area contributed by atoms with E-state index in [0.29, 0.717) is 5.56 Å². The van der Waals surface area contributed by atoms with E-state index in [1.807, 2.05) is 0 Å². The largest absolute Gasteiger partial charge is 0.449 e. The SMILES string of the molecule is Cc1ccc(C(=O)O[C@H](C)C(=O)Nc2ccccc2OC(F)F)cc1F. The molecule has 0 unspecified atom stereocenters. The van der Waals surface area contributed by atoms with Gasteiger partial charge in [-0.1, -0.05) is 18.2 Å². The number of amides is 1. The van der Waals surface area contributed by atoms with Crippen LogP contribution in [0.15, 0.2) is 42.5 Å². The van der Waals surface area contributed by atoms with E-state index in [4.69, 9.17) is 4.74 Å². The van der Waals surface area contributed by atoms with Gasteiger partial charge in [-0.15, -0.1) is 0 Å². The zero-order valence-corrected chi connectivity index (χ0v) is 14.0. The molecule has 0 saturated heterocycles. The molecule has 0 fully saturated rings. The first kappa shape index (κ1) is 19.3. The van der Waals surface area contributed by atoms with E-state index in [9.17, 15) is 22.8 Å². The second-order valence-electron chi connectivity index (χ2n) is 5.38. The number of para-hydroxylation sites is 2. The van der Waals surface area contributed by atoms with Crippen molar-refractivity contribution in [2.75, 3.05) is 5.32 Å². The predicted octanol–water partition coefficient (Wildman–Crippen LogP) is 3.92. The maximum Gasteiger partial charge on any atom is 0.387 e. The highest BCUT2D eigenvalue weighted by molar-refractivity contribution is 5.98. The van der Waals surface area contributed by atoms with Gasteiger partial charge >= 0.3 is 12.6 Å². The lowest BCUT2D eigenvalue weighted by atomic mass is 10.1. The molecule has 1 amide bonds. The second-order valence-corrected chi connectivity index (χ2v) is 5.38. The number of carbonyl (C=O) groups excluding carboxylic acids is 2. The minimum Gasteiger partial charge on any atom is -0.449 e. The molecule has 1 N–H and O–H groups in total. The van der Waals surface area contributed by atoms with Crippen molar-refractivity contribution in [2.24, 2.45) is 0 Å². The first-order chi connectivity index (χ1) is 12.3. The van der Waals surface area contributed by atoms with Crippen LogP contribution in [-0.2, 0) is 9.53 Å². The summed E-state index contributed by atoms with van der Waals surface area (Å²) in [4.78, 5) is 24.1. The first-order valence-corrected chi connectivity index (χ1v) is 7.59. The number of nitrogens with one attached hydrogen (secondary N) is 1. The van der Waals surface area contributed by atoms with Gasteiger partial charge in [0.15, 0.2) is 6.10 Å². The molecule has 0 spiro atoms. The normalized spacial score (nSPS) is 11.8. The summed E-state index contributed by atoms with van der Waals surface area (Å²) in [5, 5.41) is 2.34. The number of hydrogen-bond acceptors (Lipinski definition) is 4. The van der Waals surface area contributed by atoms with Crippen LogP contribution in [0.3, 0.4) is 0 Å². The smallest absolute Gasteiger partial charge is 0.387 e. The molecule has 0 radical (unpaired) electrons. The van der Waals surface area contributed by atoms with Crippen LogP contribution in [0.1, 0.15) is 22.8 Å². The number of esters is 1. The van der Waals surface area contributed by atoms with E-state index in [1.54, 1.807) is 6.92 Å². The van der Waals surface area contributed by atoms with Crippen molar-refractivity contribution in [1.29, 1.82) is 0 Å². The van der Waals surface area contributed by atoms with Crippen molar-refractivity contribution in [2.45, 2.75) is 26.6 Å². The number of rotatable bonds is 6. The molecule has 8 heteroatoms. The molecule has 0 bridgehead atoms. The number of alkyl halides is 2. The topological polar surface area (TPSA) is 64.6 Å². The maximum absolute atomic E-state index is 13.5. The number of carbonyl (C=O) groups is 2. The fraction of sp³-hybridized carbons (Fsp3) is 0.222. The fourth-order valence-electron chi connectivity index (χ4n) is 2.00. The predicted molar refractivity (Wildman–Crippen MR) is 87.7 cm³/mol. The van der Waals surface area contributed by atoms with Crippen LogP contribution in [0.2, 0.25) is 0 Å². The number of hydrogen-bond donors (Lipinski definition) is 1. The van der Waals surface area contributed by atoms with E-state index < -0.39 is 30.4 Å². The Morgan fingerprint density at radius 2 is 1.81 bits per heavy atom. The van der Waals surface area contributed by atoms with Crippen LogP contribution in [0.5, 0.6) is 5.75 Å².